The zero-order chi connectivity index (χ0) is 13.0. The Labute approximate surface area is 112 Å². The van der Waals surface area contributed by atoms with E-state index in [1.54, 1.807) is 6.08 Å². The summed E-state index contributed by atoms with van der Waals surface area (Å²) in [6, 6.07) is 5.91. The minimum Gasteiger partial charge on any atom is -0.371 e. The molecule has 2 rings (SSSR count). The normalized spacial score (nSPS) is 16.2. The summed E-state index contributed by atoms with van der Waals surface area (Å²) in [7, 11) is 0. The number of primary amides is 1. The van der Waals surface area contributed by atoms with Crippen LogP contribution in [0.5, 0.6) is 0 Å². The van der Waals surface area contributed by atoms with Gasteiger partial charge in [0.2, 0.25) is 5.91 Å². The lowest BCUT2D eigenvalue weighted by Crippen LogP contribution is -2.29. The average Bonchev–Trinajstić information content (AvgIpc) is 2.38. The van der Waals surface area contributed by atoms with E-state index >= 15 is 0 Å². The molecule has 1 aliphatic rings. The van der Waals surface area contributed by atoms with Crippen molar-refractivity contribution in [2.24, 2.45) is 5.73 Å². The van der Waals surface area contributed by atoms with Crippen LogP contribution in [0, 0.1) is 0 Å². The monoisotopic (exact) mass is 264 g/mol. The van der Waals surface area contributed by atoms with Gasteiger partial charge in [-0.3, -0.25) is 4.79 Å². The Morgan fingerprint density at radius 2 is 2.00 bits per heavy atom. The SMILES string of the molecule is NC(=O)/C=C/c1ccc(N2CCCCC2)cc1Cl. The van der Waals surface area contributed by atoms with Crippen LogP contribution < -0.4 is 10.6 Å². The van der Waals surface area contributed by atoms with E-state index in [2.05, 4.69) is 4.90 Å². The van der Waals surface area contributed by atoms with Gasteiger partial charge in [0.1, 0.15) is 0 Å². The summed E-state index contributed by atoms with van der Waals surface area (Å²) >= 11 is 6.20. The van der Waals surface area contributed by atoms with E-state index in [-0.39, 0.29) is 0 Å². The van der Waals surface area contributed by atoms with Crippen molar-refractivity contribution >= 4 is 29.3 Å². The first-order valence-electron chi connectivity index (χ1n) is 6.19. The minimum absolute atomic E-state index is 0.467. The fourth-order valence-electron chi connectivity index (χ4n) is 2.17. The number of carbonyl (C=O) groups excluding carboxylic acids is 1. The van der Waals surface area contributed by atoms with E-state index in [9.17, 15) is 4.79 Å². The highest BCUT2D eigenvalue weighted by Crippen LogP contribution is 2.26. The zero-order valence-electron chi connectivity index (χ0n) is 10.2. The van der Waals surface area contributed by atoms with Gasteiger partial charge in [-0.1, -0.05) is 17.7 Å². The van der Waals surface area contributed by atoms with Crippen molar-refractivity contribution in [3.63, 3.8) is 0 Å². The number of anilines is 1. The lowest BCUT2D eigenvalue weighted by molar-refractivity contribution is -0.113. The predicted molar refractivity (Wildman–Crippen MR) is 75.7 cm³/mol. The zero-order valence-corrected chi connectivity index (χ0v) is 11.0. The van der Waals surface area contributed by atoms with E-state index in [4.69, 9.17) is 17.3 Å². The molecule has 1 aromatic rings. The lowest BCUT2D eigenvalue weighted by atomic mass is 10.1. The molecule has 18 heavy (non-hydrogen) atoms. The molecule has 0 atom stereocenters. The fraction of sp³-hybridized carbons (Fsp3) is 0.357. The van der Waals surface area contributed by atoms with Gasteiger partial charge in [0.15, 0.2) is 0 Å². The molecule has 0 spiro atoms. The average molecular weight is 265 g/mol. The molecule has 1 aliphatic heterocycles. The van der Waals surface area contributed by atoms with Crippen molar-refractivity contribution in [3.05, 3.63) is 34.9 Å². The molecule has 0 bridgehead atoms. The van der Waals surface area contributed by atoms with Gasteiger partial charge in [-0.05, 0) is 43.0 Å². The van der Waals surface area contributed by atoms with Crippen molar-refractivity contribution in [1.82, 2.24) is 0 Å². The first kappa shape index (κ1) is 13.0. The number of rotatable bonds is 3. The van der Waals surface area contributed by atoms with Gasteiger partial charge in [0.05, 0.1) is 0 Å². The topological polar surface area (TPSA) is 46.3 Å². The molecule has 1 heterocycles. The number of carbonyl (C=O) groups is 1. The van der Waals surface area contributed by atoms with Gasteiger partial charge < -0.3 is 10.6 Å². The predicted octanol–water partition coefficient (Wildman–Crippen LogP) is 2.83. The van der Waals surface area contributed by atoms with Crippen molar-refractivity contribution in [2.45, 2.75) is 19.3 Å². The number of hydrogen-bond acceptors (Lipinski definition) is 2. The Kier molecular flexibility index (Phi) is 4.26. The van der Waals surface area contributed by atoms with Crippen LogP contribution in [0.15, 0.2) is 24.3 Å². The van der Waals surface area contributed by atoms with Crippen molar-refractivity contribution in [2.75, 3.05) is 18.0 Å². The summed E-state index contributed by atoms with van der Waals surface area (Å²) in [4.78, 5) is 13.0. The first-order valence-corrected chi connectivity index (χ1v) is 6.56. The Hall–Kier alpha value is -1.48. The molecule has 2 N–H and O–H groups in total. The maximum Gasteiger partial charge on any atom is 0.241 e. The van der Waals surface area contributed by atoms with Crippen LogP contribution in [0.2, 0.25) is 5.02 Å². The second-order valence-corrected chi connectivity index (χ2v) is 4.90. The van der Waals surface area contributed by atoms with E-state index in [1.165, 1.54) is 25.3 Å². The Morgan fingerprint density at radius 3 is 2.61 bits per heavy atom. The Bertz CT molecular complexity index is 465. The third-order valence-corrected chi connectivity index (χ3v) is 3.46. The molecule has 1 amide bonds. The molecule has 3 nitrogen and oxygen atoms in total. The van der Waals surface area contributed by atoms with Crippen LogP contribution >= 0.6 is 11.6 Å². The van der Waals surface area contributed by atoms with Crippen LogP contribution in [0.25, 0.3) is 6.08 Å². The van der Waals surface area contributed by atoms with Crippen LogP contribution in [0.1, 0.15) is 24.8 Å². The van der Waals surface area contributed by atoms with Crippen LogP contribution in [0.4, 0.5) is 5.69 Å². The molecule has 96 valence electrons. The third kappa shape index (κ3) is 3.26. The smallest absolute Gasteiger partial charge is 0.241 e. The molecule has 0 aliphatic carbocycles. The third-order valence-electron chi connectivity index (χ3n) is 3.13. The van der Waals surface area contributed by atoms with Crippen molar-refractivity contribution in [3.8, 4) is 0 Å². The Balaban J connectivity index is 2.16. The molecule has 0 unspecified atom stereocenters. The highest BCUT2D eigenvalue weighted by molar-refractivity contribution is 6.32. The lowest BCUT2D eigenvalue weighted by Gasteiger charge is -2.29. The van der Waals surface area contributed by atoms with E-state index in [0.717, 1.165) is 24.3 Å². The van der Waals surface area contributed by atoms with Crippen molar-refractivity contribution < 1.29 is 4.79 Å². The number of benzene rings is 1. The van der Waals surface area contributed by atoms with Gasteiger partial charge in [-0.25, -0.2) is 0 Å². The summed E-state index contributed by atoms with van der Waals surface area (Å²) in [5, 5.41) is 0.649. The number of hydrogen-bond donors (Lipinski definition) is 1. The molecule has 0 radical (unpaired) electrons. The van der Waals surface area contributed by atoms with Crippen molar-refractivity contribution in [1.29, 1.82) is 0 Å². The molecule has 0 aromatic heterocycles. The number of nitrogens with two attached hydrogens (primary N) is 1. The van der Waals surface area contributed by atoms with Gasteiger partial charge in [-0.15, -0.1) is 0 Å². The summed E-state index contributed by atoms with van der Waals surface area (Å²) in [5.74, 6) is -0.467. The fourth-order valence-corrected chi connectivity index (χ4v) is 2.41. The summed E-state index contributed by atoms with van der Waals surface area (Å²) in [6.45, 7) is 2.18. The maximum absolute atomic E-state index is 10.7. The highest BCUT2D eigenvalue weighted by atomic mass is 35.5. The molecule has 4 heteroatoms. The van der Waals surface area contributed by atoms with E-state index < -0.39 is 5.91 Å². The van der Waals surface area contributed by atoms with Gasteiger partial charge >= 0.3 is 0 Å². The molecule has 1 fully saturated rings. The van der Waals surface area contributed by atoms with Crippen LogP contribution in [-0.2, 0) is 4.79 Å². The number of piperidine rings is 1. The molecular weight excluding hydrogens is 248 g/mol. The number of amides is 1. The van der Waals surface area contributed by atoms with E-state index in [0.29, 0.717) is 5.02 Å². The number of nitrogens with zero attached hydrogens (tertiary/aromatic N) is 1. The second-order valence-electron chi connectivity index (χ2n) is 4.49. The van der Waals surface area contributed by atoms with Gasteiger partial charge in [0, 0.05) is 29.9 Å². The standard InChI is InChI=1S/C14H17ClN2O/c15-13-10-12(17-8-2-1-3-9-17)6-4-11(13)5-7-14(16)18/h4-7,10H,1-3,8-9H2,(H2,16,18)/b7-5+. The van der Waals surface area contributed by atoms with Gasteiger partial charge in [0.25, 0.3) is 0 Å². The quantitative estimate of drug-likeness (QED) is 0.854. The van der Waals surface area contributed by atoms with Crippen LogP contribution in [-0.4, -0.2) is 19.0 Å². The van der Waals surface area contributed by atoms with E-state index in [1.807, 2.05) is 18.2 Å². The highest BCUT2D eigenvalue weighted by Gasteiger charge is 2.11. The molecule has 0 saturated carbocycles. The van der Waals surface area contributed by atoms with Crippen LogP contribution in [0.3, 0.4) is 0 Å². The number of halogens is 1. The summed E-state index contributed by atoms with van der Waals surface area (Å²) in [5.41, 5.74) is 7.03. The van der Waals surface area contributed by atoms with Gasteiger partial charge in [-0.2, -0.15) is 0 Å². The minimum atomic E-state index is -0.467. The molecule has 1 aromatic carbocycles. The maximum atomic E-state index is 10.7. The second kappa shape index (κ2) is 5.91. The molecular formula is C14H17ClN2O. The first-order chi connectivity index (χ1) is 8.66. The summed E-state index contributed by atoms with van der Waals surface area (Å²) in [6.07, 6.45) is 6.75. The largest absolute Gasteiger partial charge is 0.371 e. The Morgan fingerprint density at radius 1 is 1.28 bits per heavy atom. The molecule has 1 saturated heterocycles. The summed E-state index contributed by atoms with van der Waals surface area (Å²) < 4.78 is 0.